The molecule has 0 aliphatic carbocycles. The standard InChI is InChI=1S/C12H20N4O2/c1-8(2)5-4-6-9(3)14-7-10-15-12(11(13)17)18-16-10/h5,9,14H,4,6-7H2,1-3H3,(H2,13,17)/t9-/m0/s1. The van der Waals surface area contributed by atoms with Crippen molar-refractivity contribution >= 4 is 5.91 Å². The average Bonchev–Trinajstić information content (AvgIpc) is 2.74. The maximum atomic E-state index is 10.8. The summed E-state index contributed by atoms with van der Waals surface area (Å²) in [5.41, 5.74) is 6.34. The van der Waals surface area contributed by atoms with Gasteiger partial charge in [-0.3, -0.25) is 4.79 Å². The van der Waals surface area contributed by atoms with Crippen molar-refractivity contribution in [3.63, 3.8) is 0 Å². The van der Waals surface area contributed by atoms with Crippen molar-refractivity contribution in [3.05, 3.63) is 23.4 Å². The lowest BCUT2D eigenvalue weighted by molar-refractivity contribution is 0.0958. The van der Waals surface area contributed by atoms with Gasteiger partial charge < -0.3 is 15.6 Å². The molecule has 0 saturated carbocycles. The second kappa shape index (κ2) is 6.90. The van der Waals surface area contributed by atoms with Crippen molar-refractivity contribution in [2.24, 2.45) is 5.73 Å². The van der Waals surface area contributed by atoms with Crippen LogP contribution in [0.3, 0.4) is 0 Å². The van der Waals surface area contributed by atoms with Crippen LogP contribution in [-0.2, 0) is 6.54 Å². The normalized spacial score (nSPS) is 12.2. The SMILES string of the molecule is CC(C)=CCC[C@H](C)NCc1noc(C(N)=O)n1. The number of hydrogen-bond donors (Lipinski definition) is 2. The molecule has 6 heteroatoms. The number of carbonyl (C=O) groups excluding carboxylic acids is 1. The lowest BCUT2D eigenvalue weighted by atomic mass is 10.1. The highest BCUT2D eigenvalue weighted by molar-refractivity contribution is 5.87. The summed E-state index contributed by atoms with van der Waals surface area (Å²) < 4.78 is 4.69. The van der Waals surface area contributed by atoms with E-state index in [1.54, 1.807) is 0 Å². The van der Waals surface area contributed by atoms with Crippen LogP contribution in [0.25, 0.3) is 0 Å². The van der Waals surface area contributed by atoms with Crippen LogP contribution in [0.2, 0.25) is 0 Å². The fourth-order valence-electron chi connectivity index (χ4n) is 1.42. The summed E-state index contributed by atoms with van der Waals surface area (Å²) in [6.45, 7) is 6.73. The molecule has 100 valence electrons. The molecule has 1 aromatic heterocycles. The molecule has 0 aliphatic rings. The Labute approximate surface area is 107 Å². The fraction of sp³-hybridized carbons (Fsp3) is 0.583. The van der Waals surface area contributed by atoms with Gasteiger partial charge in [-0.25, -0.2) is 0 Å². The summed E-state index contributed by atoms with van der Waals surface area (Å²) >= 11 is 0. The molecule has 1 atom stereocenters. The van der Waals surface area contributed by atoms with E-state index in [-0.39, 0.29) is 5.89 Å². The number of nitrogens with one attached hydrogen (secondary N) is 1. The Bertz CT molecular complexity index is 421. The molecule has 3 N–H and O–H groups in total. The van der Waals surface area contributed by atoms with E-state index >= 15 is 0 Å². The number of hydrogen-bond acceptors (Lipinski definition) is 5. The van der Waals surface area contributed by atoms with E-state index in [0.29, 0.717) is 18.4 Å². The minimum absolute atomic E-state index is 0.149. The summed E-state index contributed by atoms with van der Waals surface area (Å²) in [6.07, 6.45) is 4.28. The second-order valence-corrected chi connectivity index (χ2v) is 4.52. The zero-order chi connectivity index (χ0) is 13.5. The predicted molar refractivity (Wildman–Crippen MR) is 67.8 cm³/mol. The van der Waals surface area contributed by atoms with Gasteiger partial charge >= 0.3 is 11.8 Å². The molecule has 1 amide bonds. The highest BCUT2D eigenvalue weighted by Crippen LogP contribution is 2.02. The second-order valence-electron chi connectivity index (χ2n) is 4.52. The zero-order valence-corrected chi connectivity index (χ0v) is 11.1. The monoisotopic (exact) mass is 252 g/mol. The Balaban J connectivity index is 2.31. The minimum Gasteiger partial charge on any atom is -0.361 e. The number of nitrogens with two attached hydrogens (primary N) is 1. The number of carbonyl (C=O) groups is 1. The van der Waals surface area contributed by atoms with Crippen molar-refractivity contribution in [1.29, 1.82) is 0 Å². The first-order valence-corrected chi connectivity index (χ1v) is 5.98. The topological polar surface area (TPSA) is 94.0 Å². The molecule has 1 heterocycles. The van der Waals surface area contributed by atoms with E-state index in [2.05, 4.69) is 46.8 Å². The first kappa shape index (κ1) is 14.4. The van der Waals surface area contributed by atoms with Crippen molar-refractivity contribution in [2.45, 2.75) is 46.2 Å². The predicted octanol–water partition coefficient (Wildman–Crippen LogP) is 1.39. The van der Waals surface area contributed by atoms with Crippen molar-refractivity contribution in [3.8, 4) is 0 Å². The first-order chi connectivity index (χ1) is 8.49. The number of primary amides is 1. The Hall–Kier alpha value is -1.69. The smallest absolute Gasteiger partial charge is 0.315 e. The van der Waals surface area contributed by atoms with E-state index in [4.69, 9.17) is 5.73 Å². The third kappa shape index (κ3) is 5.09. The van der Waals surface area contributed by atoms with Gasteiger partial charge in [0, 0.05) is 6.04 Å². The molecule has 0 fully saturated rings. The van der Waals surface area contributed by atoms with E-state index in [1.165, 1.54) is 5.57 Å². The van der Waals surface area contributed by atoms with Crippen LogP contribution in [0.1, 0.15) is 50.1 Å². The van der Waals surface area contributed by atoms with Crippen LogP contribution in [0.5, 0.6) is 0 Å². The summed E-state index contributed by atoms with van der Waals surface area (Å²) in [4.78, 5) is 14.6. The highest BCUT2D eigenvalue weighted by Gasteiger charge is 2.11. The van der Waals surface area contributed by atoms with E-state index in [9.17, 15) is 4.79 Å². The van der Waals surface area contributed by atoms with Crippen LogP contribution in [0.4, 0.5) is 0 Å². The molecule has 0 unspecified atom stereocenters. The number of aromatic nitrogens is 2. The number of amides is 1. The minimum atomic E-state index is -0.703. The van der Waals surface area contributed by atoms with Crippen LogP contribution in [0.15, 0.2) is 16.2 Å². The van der Waals surface area contributed by atoms with E-state index < -0.39 is 5.91 Å². The maximum absolute atomic E-state index is 10.8. The maximum Gasteiger partial charge on any atom is 0.315 e. The van der Waals surface area contributed by atoms with Crippen LogP contribution < -0.4 is 11.1 Å². The van der Waals surface area contributed by atoms with Gasteiger partial charge in [-0.2, -0.15) is 4.98 Å². The lowest BCUT2D eigenvalue weighted by Crippen LogP contribution is -2.25. The summed E-state index contributed by atoms with van der Waals surface area (Å²) in [5, 5.41) is 6.92. The number of rotatable bonds is 7. The molecule has 0 saturated heterocycles. The van der Waals surface area contributed by atoms with Gasteiger partial charge in [0.05, 0.1) is 6.54 Å². The molecular formula is C12H20N4O2. The highest BCUT2D eigenvalue weighted by atomic mass is 16.5. The fourth-order valence-corrected chi connectivity index (χ4v) is 1.42. The largest absolute Gasteiger partial charge is 0.361 e. The molecule has 0 radical (unpaired) electrons. The van der Waals surface area contributed by atoms with Gasteiger partial charge in [-0.1, -0.05) is 16.8 Å². The zero-order valence-electron chi connectivity index (χ0n) is 11.1. The Morgan fingerprint density at radius 2 is 2.28 bits per heavy atom. The molecule has 1 rings (SSSR count). The lowest BCUT2D eigenvalue weighted by Gasteiger charge is -2.10. The third-order valence-electron chi connectivity index (χ3n) is 2.44. The molecule has 0 aromatic carbocycles. The molecular weight excluding hydrogens is 232 g/mol. The molecule has 0 aliphatic heterocycles. The third-order valence-corrected chi connectivity index (χ3v) is 2.44. The Morgan fingerprint density at radius 3 is 2.83 bits per heavy atom. The molecule has 6 nitrogen and oxygen atoms in total. The van der Waals surface area contributed by atoms with Gasteiger partial charge in [0.25, 0.3) is 0 Å². The Kier molecular flexibility index (Phi) is 5.51. The Morgan fingerprint density at radius 1 is 1.56 bits per heavy atom. The quantitative estimate of drug-likeness (QED) is 0.715. The van der Waals surface area contributed by atoms with Gasteiger partial charge in [0.15, 0.2) is 5.82 Å². The van der Waals surface area contributed by atoms with Gasteiger partial charge in [-0.15, -0.1) is 0 Å². The van der Waals surface area contributed by atoms with Crippen LogP contribution in [-0.4, -0.2) is 22.1 Å². The molecule has 18 heavy (non-hydrogen) atoms. The molecule has 0 bridgehead atoms. The van der Waals surface area contributed by atoms with Gasteiger partial charge in [-0.05, 0) is 33.6 Å². The molecule has 1 aromatic rings. The number of nitrogens with zero attached hydrogens (tertiary/aromatic N) is 2. The van der Waals surface area contributed by atoms with Crippen molar-refractivity contribution in [2.75, 3.05) is 0 Å². The van der Waals surface area contributed by atoms with Crippen molar-refractivity contribution < 1.29 is 9.32 Å². The van der Waals surface area contributed by atoms with E-state index in [1.807, 2.05) is 0 Å². The summed E-state index contributed by atoms with van der Waals surface area (Å²) in [6, 6.07) is 0.344. The summed E-state index contributed by atoms with van der Waals surface area (Å²) in [7, 11) is 0. The number of allylic oxidation sites excluding steroid dienone is 2. The molecule has 0 spiro atoms. The van der Waals surface area contributed by atoms with Crippen LogP contribution >= 0.6 is 0 Å². The first-order valence-electron chi connectivity index (χ1n) is 5.98. The van der Waals surface area contributed by atoms with Gasteiger partial charge in [0.1, 0.15) is 0 Å². The summed E-state index contributed by atoms with van der Waals surface area (Å²) in [5.74, 6) is -0.410. The van der Waals surface area contributed by atoms with E-state index in [0.717, 1.165) is 12.8 Å². The van der Waals surface area contributed by atoms with Crippen molar-refractivity contribution in [1.82, 2.24) is 15.5 Å². The van der Waals surface area contributed by atoms with Crippen LogP contribution in [0, 0.1) is 0 Å². The van der Waals surface area contributed by atoms with Gasteiger partial charge in [0.2, 0.25) is 0 Å². The average molecular weight is 252 g/mol.